The highest BCUT2D eigenvalue weighted by Gasteiger charge is 2.08. The van der Waals surface area contributed by atoms with Gasteiger partial charge in [0.25, 0.3) is 0 Å². The van der Waals surface area contributed by atoms with Gasteiger partial charge in [-0.2, -0.15) is 0 Å². The van der Waals surface area contributed by atoms with E-state index < -0.39 is 22.6 Å². The summed E-state index contributed by atoms with van der Waals surface area (Å²) in [7, 11) is -1.33. The number of hydrogen-bond donors (Lipinski definition) is 1. The number of carboxylic acid groups (broad SMARTS) is 1. The number of hydrogen-bond acceptors (Lipinski definition) is 2. The Bertz CT molecular complexity index is 423. The number of carboxylic acids is 1. The summed E-state index contributed by atoms with van der Waals surface area (Å²) in [6.45, 7) is 0. The third-order valence-electron chi connectivity index (χ3n) is 1.87. The Morgan fingerprint density at radius 2 is 2.19 bits per heavy atom. The summed E-state index contributed by atoms with van der Waals surface area (Å²) in [6.07, 6.45) is 0.289. The molecule has 0 saturated carbocycles. The van der Waals surface area contributed by atoms with Gasteiger partial charge in [0, 0.05) is 17.1 Å². The van der Waals surface area contributed by atoms with Crippen molar-refractivity contribution in [1.29, 1.82) is 0 Å². The van der Waals surface area contributed by atoms with Crippen molar-refractivity contribution in [3.8, 4) is 0 Å². The van der Waals surface area contributed by atoms with E-state index in [1.807, 2.05) is 0 Å². The Morgan fingerprint density at radius 1 is 1.50 bits per heavy atom. The van der Waals surface area contributed by atoms with Crippen LogP contribution < -0.4 is 0 Å². The number of aliphatic carboxylic acids is 1. The Labute approximate surface area is 99.7 Å². The molecular weight excluding hydrogens is 255 g/mol. The predicted molar refractivity (Wildman–Crippen MR) is 59.6 cm³/mol. The molecule has 88 valence electrons. The van der Waals surface area contributed by atoms with Crippen molar-refractivity contribution in [3.63, 3.8) is 0 Å². The lowest BCUT2D eigenvalue weighted by atomic mass is 10.3. The van der Waals surface area contributed by atoms with Crippen LogP contribution in [-0.2, 0) is 15.6 Å². The summed E-state index contributed by atoms with van der Waals surface area (Å²) in [5.74, 6) is -1.25. The maximum atomic E-state index is 12.8. The van der Waals surface area contributed by atoms with E-state index in [1.54, 1.807) is 0 Å². The van der Waals surface area contributed by atoms with Crippen LogP contribution in [0.5, 0.6) is 0 Å². The molecule has 0 radical (unpaired) electrons. The van der Waals surface area contributed by atoms with E-state index in [0.29, 0.717) is 11.3 Å². The van der Waals surface area contributed by atoms with Crippen LogP contribution in [0.15, 0.2) is 23.1 Å². The molecule has 1 aromatic rings. The number of benzene rings is 1. The molecule has 1 atom stereocenters. The van der Waals surface area contributed by atoms with E-state index in [1.165, 1.54) is 12.1 Å². The molecule has 0 heterocycles. The maximum Gasteiger partial charge on any atom is 0.303 e. The van der Waals surface area contributed by atoms with Gasteiger partial charge in [-0.05, 0) is 24.6 Å². The lowest BCUT2D eigenvalue weighted by Crippen LogP contribution is -2.02. The van der Waals surface area contributed by atoms with Crippen molar-refractivity contribution in [2.24, 2.45) is 0 Å². The maximum absolute atomic E-state index is 12.8. The quantitative estimate of drug-likeness (QED) is 0.889. The van der Waals surface area contributed by atoms with Crippen LogP contribution in [0, 0.1) is 5.82 Å². The van der Waals surface area contributed by atoms with Gasteiger partial charge in [-0.3, -0.25) is 9.00 Å². The first-order chi connectivity index (χ1) is 7.50. The Kier molecular flexibility index (Phi) is 4.89. The second kappa shape index (κ2) is 5.96. The van der Waals surface area contributed by atoms with Crippen LogP contribution in [0.25, 0.3) is 0 Å². The van der Waals surface area contributed by atoms with E-state index in [4.69, 9.17) is 16.7 Å². The first kappa shape index (κ1) is 13.1. The zero-order valence-electron chi connectivity index (χ0n) is 8.28. The van der Waals surface area contributed by atoms with Gasteiger partial charge in [-0.25, -0.2) is 4.39 Å². The van der Waals surface area contributed by atoms with Gasteiger partial charge >= 0.3 is 5.97 Å². The summed E-state index contributed by atoms with van der Waals surface area (Å²) in [6, 6.07) is 3.83. The van der Waals surface area contributed by atoms with Gasteiger partial charge < -0.3 is 5.11 Å². The van der Waals surface area contributed by atoms with E-state index in [9.17, 15) is 13.4 Å². The Balaban J connectivity index is 2.59. The van der Waals surface area contributed by atoms with Crippen molar-refractivity contribution < 1.29 is 18.5 Å². The second-order valence-corrected chi connectivity index (χ2v) is 5.10. The number of carbonyl (C=O) groups is 1. The molecule has 6 heteroatoms. The molecule has 0 aliphatic rings. The molecular formula is C10H10ClFO3S. The smallest absolute Gasteiger partial charge is 0.303 e. The molecule has 0 aliphatic carbocycles. The lowest BCUT2D eigenvalue weighted by Gasteiger charge is -2.02. The average molecular weight is 265 g/mol. The Hall–Kier alpha value is -0.940. The normalized spacial score (nSPS) is 12.4. The SMILES string of the molecule is O=C(O)CCCS(=O)c1ccc(F)c(Cl)c1. The largest absolute Gasteiger partial charge is 0.481 e. The summed E-state index contributed by atoms with van der Waals surface area (Å²) in [4.78, 5) is 10.7. The van der Waals surface area contributed by atoms with Crippen molar-refractivity contribution >= 4 is 28.4 Å². The molecule has 0 amide bonds. The highest BCUT2D eigenvalue weighted by Crippen LogP contribution is 2.18. The van der Waals surface area contributed by atoms with Gasteiger partial charge in [-0.1, -0.05) is 11.6 Å². The third-order valence-corrected chi connectivity index (χ3v) is 3.60. The molecule has 0 aliphatic heterocycles. The first-order valence-electron chi connectivity index (χ1n) is 4.56. The van der Waals surface area contributed by atoms with Crippen LogP contribution in [0.2, 0.25) is 5.02 Å². The van der Waals surface area contributed by atoms with Crippen LogP contribution in [0.4, 0.5) is 4.39 Å². The van der Waals surface area contributed by atoms with Gasteiger partial charge in [-0.15, -0.1) is 0 Å². The standard InChI is InChI=1S/C10H10ClFO3S/c11-8-6-7(3-4-9(8)12)16(15)5-1-2-10(13)14/h3-4,6H,1-2,5H2,(H,13,14). The number of rotatable bonds is 5. The average Bonchev–Trinajstić information content (AvgIpc) is 2.21. The van der Waals surface area contributed by atoms with Crippen LogP contribution >= 0.6 is 11.6 Å². The molecule has 3 nitrogen and oxygen atoms in total. The molecule has 0 saturated heterocycles. The lowest BCUT2D eigenvalue weighted by molar-refractivity contribution is -0.137. The van der Waals surface area contributed by atoms with E-state index >= 15 is 0 Å². The van der Waals surface area contributed by atoms with Crippen molar-refractivity contribution in [2.75, 3.05) is 5.75 Å². The second-order valence-electron chi connectivity index (χ2n) is 3.12. The minimum absolute atomic E-state index is 0.0271. The zero-order valence-corrected chi connectivity index (χ0v) is 9.85. The molecule has 1 aromatic carbocycles. The summed E-state index contributed by atoms with van der Waals surface area (Å²) in [5, 5.41) is 8.33. The fourth-order valence-corrected chi connectivity index (χ4v) is 2.45. The molecule has 1 N–H and O–H groups in total. The molecule has 0 bridgehead atoms. The molecule has 1 unspecified atom stereocenters. The highest BCUT2D eigenvalue weighted by atomic mass is 35.5. The van der Waals surface area contributed by atoms with Crippen LogP contribution in [-0.4, -0.2) is 21.0 Å². The van der Waals surface area contributed by atoms with Gasteiger partial charge in [0.2, 0.25) is 0 Å². The van der Waals surface area contributed by atoms with Crippen LogP contribution in [0.3, 0.4) is 0 Å². The monoisotopic (exact) mass is 264 g/mol. The zero-order chi connectivity index (χ0) is 12.1. The molecule has 0 aromatic heterocycles. The van der Waals surface area contributed by atoms with Crippen molar-refractivity contribution in [1.82, 2.24) is 0 Å². The minimum Gasteiger partial charge on any atom is -0.481 e. The minimum atomic E-state index is -1.33. The fourth-order valence-electron chi connectivity index (χ4n) is 1.09. The van der Waals surface area contributed by atoms with E-state index in [-0.39, 0.29) is 17.2 Å². The molecule has 1 rings (SSSR count). The summed E-state index contributed by atoms with van der Waals surface area (Å²) >= 11 is 5.54. The van der Waals surface area contributed by atoms with Gasteiger partial charge in [0.05, 0.1) is 15.8 Å². The fraction of sp³-hybridized carbons (Fsp3) is 0.300. The molecule has 0 fully saturated rings. The van der Waals surface area contributed by atoms with Gasteiger partial charge in [0.1, 0.15) is 5.82 Å². The summed E-state index contributed by atoms with van der Waals surface area (Å²) in [5.41, 5.74) is 0. The van der Waals surface area contributed by atoms with E-state index in [0.717, 1.165) is 6.07 Å². The molecule has 0 spiro atoms. The Morgan fingerprint density at radius 3 is 2.75 bits per heavy atom. The highest BCUT2D eigenvalue weighted by molar-refractivity contribution is 7.85. The molecule has 16 heavy (non-hydrogen) atoms. The third kappa shape index (κ3) is 3.90. The van der Waals surface area contributed by atoms with Crippen LogP contribution in [0.1, 0.15) is 12.8 Å². The van der Waals surface area contributed by atoms with Crippen molar-refractivity contribution in [2.45, 2.75) is 17.7 Å². The summed E-state index contributed by atoms with van der Waals surface area (Å²) < 4.78 is 24.4. The van der Waals surface area contributed by atoms with Crippen molar-refractivity contribution in [3.05, 3.63) is 29.0 Å². The topological polar surface area (TPSA) is 54.4 Å². The van der Waals surface area contributed by atoms with E-state index in [2.05, 4.69) is 0 Å². The number of halogens is 2. The predicted octanol–water partition coefficient (Wildman–Crippen LogP) is 2.45. The first-order valence-corrected chi connectivity index (χ1v) is 6.25. The van der Waals surface area contributed by atoms with Gasteiger partial charge in [0.15, 0.2) is 0 Å².